The molecule has 3 aromatic carbocycles. The number of nitriles is 1. The number of ether oxygens (including phenoxy) is 4. The monoisotopic (exact) mass is 476 g/mol. The van der Waals surface area contributed by atoms with Crippen molar-refractivity contribution < 1.29 is 23.7 Å². The second-order valence-corrected chi connectivity index (χ2v) is 7.68. The maximum absolute atomic E-state index is 12.5. The number of benzene rings is 3. The Morgan fingerprint density at radius 3 is 2.62 bits per heavy atom. The van der Waals surface area contributed by atoms with Crippen LogP contribution in [0.15, 0.2) is 66.2 Å². The number of hydrogen-bond acceptors (Lipinski definition) is 6. The van der Waals surface area contributed by atoms with Crippen molar-refractivity contribution in [3.05, 3.63) is 82.4 Å². The van der Waals surface area contributed by atoms with E-state index in [1.165, 1.54) is 6.08 Å². The fraction of sp³-hybridized carbons (Fsp3) is 0.154. The van der Waals surface area contributed by atoms with E-state index in [2.05, 4.69) is 5.32 Å². The van der Waals surface area contributed by atoms with Crippen LogP contribution in [0.3, 0.4) is 0 Å². The van der Waals surface area contributed by atoms with Gasteiger partial charge in [0, 0.05) is 10.7 Å². The Morgan fingerprint density at radius 2 is 1.85 bits per heavy atom. The third-order valence-corrected chi connectivity index (χ3v) is 5.13. The Bertz CT molecular complexity index is 1270. The zero-order chi connectivity index (χ0) is 23.9. The third-order valence-electron chi connectivity index (χ3n) is 4.88. The molecule has 172 valence electrons. The number of fused-ring (bicyclic) bond motifs is 1. The van der Waals surface area contributed by atoms with Gasteiger partial charge in [0.05, 0.1) is 6.61 Å². The normalized spacial score (nSPS) is 12.1. The van der Waals surface area contributed by atoms with Gasteiger partial charge < -0.3 is 24.3 Å². The number of nitrogens with one attached hydrogen (secondary N) is 1. The molecule has 0 atom stereocenters. The highest BCUT2D eigenvalue weighted by Gasteiger charge is 2.15. The van der Waals surface area contributed by atoms with E-state index >= 15 is 0 Å². The number of rotatable bonds is 8. The SMILES string of the molecule is CCOc1cc(/C=C(/C#N)C(=O)Nc2ccc(Cl)cc2)ccc1OCc1ccc2c(c1)OCO2. The van der Waals surface area contributed by atoms with Crippen molar-refractivity contribution in [2.24, 2.45) is 0 Å². The number of hydrogen-bond donors (Lipinski definition) is 1. The van der Waals surface area contributed by atoms with Gasteiger partial charge in [0.15, 0.2) is 23.0 Å². The van der Waals surface area contributed by atoms with Gasteiger partial charge in [-0.15, -0.1) is 0 Å². The fourth-order valence-corrected chi connectivity index (χ4v) is 3.37. The minimum absolute atomic E-state index is 0.0496. The molecule has 0 aliphatic carbocycles. The highest BCUT2D eigenvalue weighted by Crippen LogP contribution is 2.34. The van der Waals surface area contributed by atoms with E-state index in [0.717, 1.165) is 5.56 Å². The summed E-state index contributed by atoms with van der Waals surface area (Å²) in [6.07, 6.45) is 1.50. The van der Waals surface area contributed by atoms with Crippen molar-refractivity contribution in [2.45, 2.75) is 13.5 Å². The quantitative estimate of drug-likeness (QED) is 0.336. The minimum Gasteiger partial charge on any atom is -0.490 e. The smallest absolute Gasteiger partial charge is 0.266 e. The van der Waals surface area contributed by atoms with Gasteiger partial charge in [0.25, 0.3) is 5.91 Å². The molecule has 34 heavy (non-hydrogen) atoms. The summed E-state index contributed by atoms with van der Waals surface area (Å²) in [5.74, 6) is 1.93. The Kier molecular flexibility index (Phi) is 7.21. The molecular weight excluding hydrogens is 456 g/mol. The summed E-state index contributed by atoms with van der Waals surface area (Å²) < 4.78 is 22.4. The van der Waals surface area contributed by atoms with Gasteiger partial charge in [-0.25, -0.2) is 0 Å². The van der Waals surface area contributed by atoms with Crippen molar-refractivity contribution in [2.75, 3.05) is 18.7 Å². The fourth-order valence-electron chi connectivity index (χ4n) is 3.24. The summed E-state index contributed by atoms with van der Waals surface area (Å²) in [6, 6.07) is 19.4. The molecule has 1 amide bonds. The van der Waals surface area contributed by atoms with Crippen LogP contribution >= 0.6 is 11.6 Å². The van der Waals surface area contributed by atoms with E-state index < -0.39 is 5.91 Å². The highest BCUT2D eigenvalue weighted by molar-refractivity contribution is 6.30. The number of nitrogens with zero attached hydrogens (tertiary/aromatic N) is 1. The van der Waals surface area contributed by atoms with E-state index in [4.69, 9.17) is 30.5 Å². The molecule has 7 nitrogen and oxygen atoms in total. The lowest BCUT2D eigenvalue weighted by molar-refractivity contribution is -0.112. The Hall–Kier alpha value is -4.15. The van der Waals surface area contributed by atoms with Gasteiger partial charge in [0.1, 0.15) is 18.2 Å². The summed E-state index contributed by atoms with van der Waals surface area (Å²) in [5, 5.41) is 12.7. The van der Waals surface area contributed by atoms with Crippen LogP contribution in [-0.2, 0) is 11.4 Å². The maximum atomic E-state index is 12.5. The molecule has 0 spiro atoms. The van der Waals surface area contributed by atoms with Crippen LogP contribution in [-0.4, -0.2) is 19.3 Å². The molecule has 1 heterocycles. The van der Waals surface area contributed by atoms with Crippen LogP contribution < -0.4 is 24.3 Å². The molecule has 1 N–H and O–H groups in total. The molecular formula is C26H21ClN2O5. The van der Waals surface area contributed by atoms with Gasteiger partial charge in [0.2, 0.25) is 6.79 Å². The molecule has 0 saturated heterocycles. The zero-order valence-electron chi connectivity index (χ0n) is 18.3. The molecule has 0 bridgehead atoms. The number of carbonyl (C=O) groups excluding carboxylic acids is 1. The van der Waals surface area contributed by atoms with E-state index in [0.29, 0.717) is 52.5 Å². The number of carbonyl (C=O) groups is 1. The van der Waals surface area contributed by atoms with Gasteiger partial charge in [-0.2, -0.15) is 5.26 Å². The minimum atomic E-state index is -0.522. The first-order valence-corrected chi connectivity index (χ1v) is 10.9. The molecule has 0 saturated carbocycles. The Balaban J connectivity index is 1.49. The van der Waals surface area contributed by atoms with Crippen LogP contribution in [0.4, 0.5) is 5.69 Å². The molecule has 0 radical (unpaired) electrons. The van der Waals surface area contributed by atoms with E-state index in [1.54, 1.807) is 42.5 Å². The largest absolute Gasteiger partial charge is 0.490 e. The van der Waals surface area contributed by atoms with Crippen molar-refractivity contribution in [1.82, 2.24) is 0 Å². The van der Waals surface area contributed by atoms with Crippen LogP contribution in [0.25, 0.3) is 6.08 Å². The molecule has 1 aliphatic rings. The van der Waals surface area contributed by atoms with Crippen molar-refractivity contribution in [3.63, 3.8) is 0 Å². The first-order valence-electron chi connectivity index (χ1n) is 10.5. The average Bonchev–Trinajstić information content (AvgIpc) is 3.31. The van der Waals surface area contributed by atoms with Gasteiger partial charge in [-0.05, 0) is 72.7 Å². The molecule has 4 rings (SSSR count). The molecule has 0 unspecified atom stereocenters. The molecule has 1 aliphatic heterocycles. The van der Waals surface area contributed by atoms with Crippen LogP contribution in [0.1, 0.15) is 18.1 Å². The van der Waals surface area contributed by atoms with Gasteiger partial charge >= 0.3 is 0 Å². The zero-order valence-corrected chi connectivity index (χ0v) is 19.1. The number of amides is 1. The summed E-state index contributed by atoms with van der Waals surface area (Å²) in [7, 11) is 0. The lowest BCUT2D eigenvalue weighted by Gasteiger charge is -2.13. The first-order chi connectivity index (χ1) is 16.6. The summed E-state index contributed by atoms with van der Waals surface area (Å²) in [4.78, 5) is 12.5. The predicted molar refractivity (Wildman–Crippen MR) is 128 cm³/mol. The van der Waals surface area contributed by atoms with Crippen molar-refractivity contribution >= 4 is 29.3 Å². The standard InChI is InChI=1S/C26H21ClN2O5/c1-2-31-24-12-17(11-19(14-28)26(30)29-21-7-5-20(27)6-8-21)3-9-22(24)32-15-18-4-10-23-25(13-18)34-16-33-23/h3-13H,2,15-16H2,1H3,(H,29,30)/b19-11-. The molecule has 0 fully saturated rings. The topological polar surface area (TPSA) is 89.8 Å². The number of halogens is 1. The predicted octanol–water partition coefficient (Wildman–Crippen LogP) is 5.59. The van der Waals surface area contributed by atoms with E-state index in [1.807, 2.05) is 31.2 Å². The lowest BCUT2D eigenvalue weighted by Crippen LogP contribution is -2.13. The number of anilines is 1. The molecule has 8 heteroatoms. The highest BCUT2D eigenvalue weighted by atomic mass is 35.5. The van der Waals surface area contributed by atoms with Gasteiger partial charge in [-0.1, -0.05) is 23.7 Å². The van der Waals surface area contributed by atoms with Crippen LogP contribution in [0.2, 0.25) is 5.02 Å². The second kappa shape index (κ2) is 10.6. The Labute approximate surface area is 202 Å². The summed E-state index contributed by atoms with van der Waals surface area (Å²) in [6.45, 7) is 2.81. The molecule has 0 aromatic heterocycles. The van der Waals surface area contributed by atoms with E-state index in [-0.39, 0.29) is 12.4 Å². The molecule has 3 aromatic rings. The lowest BCUT2D eigenvalue weighted by atomic mass is 10.1. The Morgan fingerprint density at radius 1 is 1.06 bits per heavy atom. The average molecular weight is 477 g/mol. The summed E-state index contributed by atoms with van der Waals surface area (Å²) >= 11 is 5.87. The van der Waals surface area contributed by atoms with Crippen LogP contribution in [0.5, 0.6) is 23.0 Å². The first kappa shape index (κ1) is 23.0. The van der Waals surface area contributed by atoms with Crippen molar-refractivity contribution in [1.29, 1.82) is 5.26 Å². The van der Waals surface area contributed by atoms with Crippen molar-refractivity contribution in [3.8, 4) is 29.1 Å². The second-order valence-electron chi connectivity index (χ2n) is 7.25. The van der Waals surface area contributed by atoms with Crippen LogP contribution in [0, 0.1) is 11.3 Å². The van der Waals surface area contributed by atoms with E-state index in [9.17, 15) is 10.1 Å². The third kappa shape index (κ3) is 5.61. The maximum Gasteiger partial charge on any atom is 0.266 e. The van der Waals surface area contributed by atoms with Gasteiger partial charge in [-0.3, -0.25) is 4.79 Å². The summed E-state index contributed by atoms with van der Waals surface area (Å²) in [5.41, 5.74) is 2.03.